The van der Waals surface area contributed by atoms with Crippen molar-refractivity contribution in [3.63, 3.8) is 0 Å². The van der Waals surface area contributed by atoms with Gasteiger partial charge in [0.15, 0.2) is 0 Å². The zero-order valence-electron chi connectivity index (χ0n) is 15.1. The van der Waals surface area contributed by atoms with E-state index < -0.39 is 0 Å². The number of nitrogens with one attached hydrogen (secondary N) is 2. The number of hydrogen-bond acceptors (Lipinski definition) is 3. The van der Waals surface area contributed by atoms with Gasteiger partial charge in [0.25, 0.3) is 0 Å². The Morgan fingerprint density at radius 1 is 1.38 bits per heavy atom. The summed E-state index contributed by atoms with van der Waals surface area (Å²) in [5, 5.41) is 6.43. The molecule has 0 saturated carbocycles. The van der Waals surface area contributed by atoms with E-state index in [4.69, 9.17) is 4.74 Å². The third kappa shape index (κ3) is 6.33. The van der Waals surface area contributed by atoms with Gasteiger partial charge in [-0.3, -0.25) is 4.79 Å². The van der Waals surface area contributed by atoms with Crippen molar-refractivity contribution in [2.24, 2.45) is 11.8 Å². The van der Waals surface area contributed by atoms with Crippen LogP contribution in [0.3, 0.4) is 0 Å². The van der Waals surface area contributed by atoms with Gasteiger partial charge in [-0.05, 0) is 74.9 Å². The molecule has 1 aliphatic rings. The second-order valence-corrected chi connectivity index (χ2v) is 6.64. The van der Waals surface area contributed by atoms with E-state index in [2.05, 4.69) is 24.5 Å². The SMILES string of the molecule is CCCOc1ccc(NC(=O)CC(C)C2CCNCC2)c(C)c1.Cl. The van der Waals surface area contributed by atoms with Gasteiger partial charge in [0.05, 0.1) is 6.61 Å². The summed E-state index contributed by atoms with van der Waals surface area (Å²) in [7, 11) is 0. The number of amides is 1. The molecule has 1 unspecified atom stereocenters. The highest BCUT2D eigenvalue weighted by molar-refractivity contribution is 5.91. The number of ether oxygens (including phenoxy) is 1. The standard InChI is InChI=1S/C19H30N2O2.ClH/c1-4-11-23-17-5-6-18(15(3)12-17)21-19(22)13-14(2)16-7-9-20-10-8-16;/h5-6,12,14,16,20H,4,7-11,13H2,1-3H3,(H,21,22);1H. The number of hydrogen-bond donors (Lipinski definition) is 2. The smallest absolute Gasteiger partial charge is 0.224 e. The molecular weight excluding hydrogens is 324 g/mol. The summed E-state index contributed by atoms with van der Waals surface area (Å²) in [5.74, 6) is 2.07. The van der Waals surface area contributed by atoms with Crippen LogP contribution in [0.4, 0.5) is 5.69 Å². The number of carbonyl (C=O) groups excluding carboxylic acids is 1. The molecule has 24 heavy (non-hydrogen) atoms. The Bertz CT molecular complexity index is 516. The summed E-state index contributed by atoms with van der Waals surface area (Å²) in [6.07, 6.45) is 3.94. The molecule has 1 amide bonds. The second-order valence-electron chi connectivity index (χ2n) is 6.64. The van der Waals surface area contributed by atoms with Crippen LogP contribution in [0.1, 0.15) is 45.1 Å². The molecule has 1 aliphatic heterocycles. The van der Waals surface area contributed by atoms with Crippen LogP contribution >= 0.6 is 12.4 Å². The van der Waals surface area contributed by atoms with Crippen molar-refractivity contribution >= 4 is 24.0 Å². The van der Waals surface area contributed by atoms with E-state index in [9.17, 15) is 4.79 Å². The molecule has 1 aromatic carbocycles. The molecule has 4 nitrogen and oxygen atoms in total. The molecule has 1 atom stereocenters. The lowest BCUT2D eigenvalue weighted by Gasteiger charge is -2.28. The Labute approximate surface area is 152 Å². The summed E-state index contributed by atoms with van der Waals surface area (Å²) < 4.78 is 5.62. The van der Waals surface area contributed by atoms with Crippen molar-refractivity contribution < 1.29 is 9.53 Å². The summed E-state index contributed by atoms with van der Waals surface area (Å²) in [6, 6.07) is 5.85. The molecule has 5 heteroatoms. The van der Waals surface area contributed by atoms with Crippen LogP contribution in [0.2, 0.25) is 0 Å². The molecule has 0 spiro atoms. The quantitative estimate of drug-likeness (QED) is 0.772. The van der Waals surface area contributed by atoms with Gasteiger partial charge in [-0.15, -0.1) is 12.4 Å². The number of benzene rings is 1. The first-order valence-corrected chi connectivity index (χ1v) is 8.84. The monoisotopic (exact) mass is 354 g/mol. The molecule has 0 aliphatic carbocycles. The lowest BCUT2D eigenvalue weighted by Crippen LogP contribution is -2.32. The highest BCUT2D eigenvalue weighted by Crippen LogP contribution is 2.26. The summed E-state index contributed by atoms with van der Waals surface area (Å²) in [5.41, 5.74) is 1.93. The lowest BCUT2D eigenvalue weighted by atomic mass is 9.84. The Balaban J connectivity index is 0.00000288. The molecule has 1 saturated heterocycles. The van der Waals surface area contributed by atoms with Crippen LogP contribution in [0.15, 0.2) is 18.2 Å². The Morgan fingerprint density at radius 2 is 2.08 bits per heavy atom. The predicted molar refractivity (Wildman–Crippen MR) is 102 cm³/mol. The molecule has 0 bridgehead atoms. The summed E-state index contributed by atoms with van der Waals surface area (Å²) in [6.45, 7) is 9.17. The number of rotatable bonds is 7. The number of halogens is 1. The minimum absolute atomic E-state index is 0. The molecule has 1 fully saturated rings. The van der Waals surface area contributed by atoms with Crippen molar-refractivity contribution in [2.45, 2.75) is 46.5 Å². The highest BCUT2D eigenvalue weighted by atomic mass is 35.5. The molecule has 1 heterocycles. The zero-order chi connectivity index (χ0) is 16.7. The molecule has 0 radical (unpaired) electrons. The third-order valence-corrected chi connectivity index (χ3v) is 4.64. The number of carbonyl (C=O) groups is 1. The average Bonchev–Trinajstić information content (AvgIpc) is 2.56. The highest BCUT2D eigenvalue weighted by Gasteiger charge is 2.22. The maximum Gasteiger partial charge on any atom is 0.224 e. The third-order valence-electron chi connectivity index (χ3n) is 4.64. The maximum atomic E-state index is 12.3. The fraction of sp³-hybridized carbons (Fsp3) is 0.632. The van der Waals surface area contributed by atoms with E-state index in [0.29, 0.717) is 18.3 Å². The largest absolute Gasteiger partial charge is 0.494 e. The minimum Gasteiger partial charge on any atom is -0.494 e. The Morgan fingerprint density at radius 3 is 2.71 bits per heavy atom. The average molecular weight is 355 g/mol. The maximum absolute atomic E-state index is 12.3. The van der Waals surface area contributed by atoms with E-state index in [1.54, 1.807) is 0 Å². The van der Waals surface area contributed by atoms with Crippen molar-refractivity contribution in [1.29, 1.82) is 0 Å². The number of aryl methyl sites for hydroxylation is 1. The number of piperidine rings is 1. The first kappa shape index (κ1) is 20.8. The topological polar surface area (TPSA) is 50.4 Å². The summed E-state index contributed by atoms with van der Waals surface area (Å²) >= 11 is 0. The van der Waals surface area contributed by atoms with Crippen LogP contribution in [0.25, 0.3) is 0 Å². The van der Waals surface area contributed by atoms with Crippen molar-refractivity contribution in [1.82, 2.24) is 5.32 Å². The summed E-state index contributed by atoms with van der Waals surface area (Å²) in [4.78, 5) is 12.3. The van der Waals surface area contributed by atoms with Crippen LogP contribution in [0, 0.1) is 18.8 Å². The predicted octanol–water partition coefficient (Wildman–Crippen LogP) is 4.17. The van der Waals surface area contributed by atoms with Gasteiger partial charge >= 0.3 is 0 Å². The van der Waals surface area contributed by atoms with Gasteiger partial charge < -0.3 is 15.4 Å². The first-order chi connectivity index (χ1) is 11.1. The van der Waals surface area contributed by atoms with Crippen LogP contribution in [-0.2, 0) is 4.79 Å². The normalized spacial score (nSPS) is 16.1. The van der Waals surface area contributed by atoms with Crippen molar-refractivity contribution in [2.75, 3.05) is 25.0 Å². The molecule has 2 rings (SSSR count). The fourth-order valence-corrected chi connectivity index (χ4v) is 3.16. The number of anilines is 1. The second kappa shape index (κ2) is 10.6. The first-order valence-electron chi connectivity index (χ1n) is 8.84. The van der Waals surface area contributed by atoms with Crippen molar-refractivity contribution in [3.8, 4) is 5.75 Å². The molecule has 2 N–H and O–H groups in total. The van der Waals surface area contributed by atoms with Gasteiger partial charge in [-0.25, -0.2) is 0 Å². The van der Waals surface area contributed by atoms with Gasteiger partial charge in [-0.2, -0.15) is 0 Å². The molecule has 136 valence electrons. The lowest BCUT2D eigenvalue weighted by molar-refractivity contribution is -0.117. The van der Waals surface area contributed by atoms with Crippen LogP contribution < -0.4 is 15.4 Å². The zero-order valence-corrected chi connectivity index (χ0v) is 15.9. The van der Waals surface area contributed by atoms with E-state index in [1.807, 2.05) is 25.1 Å². The van der Waals surface area contributed by atoms with E-state index in [0.717, 1.165) is 43.1 Å². The Kier molecular flexibility index (Phi) is 9.16. The van der Waals surface area contributed by atoms with Gasteiger partial charge in [0.1, 0.15) is 5.75 Å². The van der Waals surface area contributed by atoms with Gasteiger partial charge in [-0.1, -0.05) is 13.8 Å². The van der Waals surface area contributed by atoms with Gasteiger partial charge in [0.2, 0.25) is 5.91 Å². The van der Waals surface area contributed by atoms with E-state index in [1.165, 1.54) is 12.8 Å². The molecule has 0 aromatic heterocycles. The van der Waals surface area contributed by atoms with Crippen molar-refractivity contribution in [3.05, 3.63) is 23.8 Å². The van der Waals surface area contributed by atoms with Gasteiger partial charge in [0, 0.05) is 12.1 Å². The minimum atomic E-state index is 0. The molecule has 1 aromatic rings. The van der Waals surface area contributed by atoms with Crippen LogP contribution in [-0.4, -0.2) is 25.6 Å². The van der Waals surface area contributed by atoms with E-state index >= 15 is 0 Å². The molecular formula is C19H31ClN2O2. The van der Waals surface area contributed by atoms with Crippen LogP contribution in [0.5, 0.6) is 5.75 Å². The fourth-order valence-electron chi connectivity index (χ4n) is 3.16. The van der Waals surface area contributed by atoms with E-state index in [-0.39, 0.29) is 18.3 Å². The Hall–Kier alpha value is -1.26.